The summed E-state index contributed by atoms with van der Waals surface area (Å²) in [4.78, 5) is 4.77. The minimum absolute atomic E-state index is 0. The monoisotopic (exact) mass is 467 g/mol. The van der Waals surface area contributed by atoms with Gasteiger partial charge in [0.1, 0.15) is 5.75 Å². The van der Waals surface area contributed by atoms with E-state index in [2.05, 4.69) is 61.7 Å². The van der Waals surface area contributed by atoms with Gasteiger partial charge in [-0.2, -0.15) is 0 Å². The lowest BCUT2D eigenvalue weighted by Crippen LogP contribution is -2.39. The second-order valence-electron chi connectivity index (χ2n) is 6.14. The molecule has 2 unspecified atom stereocenters. The number of para-hydroxylation sites is 1. The summed E-state index contributed by atoms with van der Waals surface area (Å²) in [5, 5.41) is 6.80. The van der Waals surface area contributed by atoms with Crippen molar-refractivity contribution in [3.8, 4) is 5.75 Å². The van der Waals surface area contributed by atoms with Crippen LogP contribution in [0.25, 0.3) is 0 Å². The maximum Gasteiger partial charge on any atom is 0.191 e. The van der Waals surface area contributed by atoms with Crippen LogP contribution in [0, 0.1) is 0 Å². The largest absolute Gasteiger partial charge is 0.496 e. The lowest BCUT2D eigenvalue weighted by Gasteiger charge is -2.19. The normalized spacial score (nSPS) is 13.3. The van der Waals surface area contributed by atoms with E-state index in [-0.39, 0.29) is 35.9 Å². The van der Waals surface area contributed by atoms with Crippen molar-refractivity contribution in [2.24, 2.45) is 4.99 Å². The van der Waals surface area contributed by atoms with Crippen molar-refractivity contribution >= 4 is 29.9 Å². The zero-order valence-electron chi connectivity index (χ0n) is 16.0. The van der Waals surface area contributed by atoms with Gasteiger partial charge in [0.25, 0.3) is 0 Å². The molecule has 5 heteroatoms. The Hall–Kier alpha value is -1.76. The van der Waals surface area contributed by atoms with E-state index in [1.54, 1.807) is 7.11 Å². The molecule has 0 saturated carbocycles. The number of nitrogens with one attached hydrogen (secondary N) is 2. The van der Waals surface area contributed by atoms with Gasteiger partial charge < -0.3 is 15.4 Å². The number of ether oxygens (including phenoxy) is 1. The third-order valence-corrected chi connectivity index (χ3v) is 4.19. The van der Waals surface area contributed by atoms with Crippen LogP contribution < -0.4 is 15.4 Å². The van der Waals surface area contributed by atoms with Crippen LogP contribution in [0.2, 0.25) is 0 Å². The first-order chi connectivity index (χ1) is 12.2. The zero-order chi connectivity index (χ0) is 18.1. The van der Waals surface area contributed by atoms with Crippen molar-refractivity contribution < 1.29 is 4.74 Å². The Labute approximate surface area is 174 Å². The lowest BCUT2D eigenvalue weighted by molar-refractivity contribution is 0.406. The highest BCUT2D eigenvalue weighted by molar-refractivity contribution is 14.0. The number of rotatable bonds is 7. The molecule has 0 radical (unpaired) electrons. The second-order valence-corrected chi connectivity index (χ2v) is 6.14. The van der Waals surface area contributed by atoms with Crippen molar-refractivity contribution in [1.82, 2.24) is 10.6 Å². The molecule has 0 saturated heterocycles. The Kier molecular flexibility index (Phi) is 10.1. The Balaban J connectivity index is 0.00000338. The van der Waals surface area contributed by atoms with Crippen LogP contribution >= 0.6 is 24.0 Å². The van der Waals surface area contributed by atoms with Crippen LogP contribution in [0.4, 0.5) is 0 Å². The van der Waals surface area contributed by atoms with Gasteiger partial charge in [0, 0.05) is 19.0 Å². The summed E-state index contributed by atoms with van der Waals surface area (Å²) in [6.07, 6.45) is 0. The second kappa shape index (κ2) is 11.8. The maximum absolute atomic E-state index is 5.46. The minimum Gasteiger partial charge on any atom is -0.496 e. The summed E-state index contributed by atoms with van der Waals surface area (Å²) in [6, 6.07) is 18.7. The molecule has 2 aromatic carbocycles. The number of nitrogens with zero attached hydrogens (tertiary/aromatic N) is 1. The van der Waals surface area contributed by atoms with E-state index in [9.17, 15) is 0 Å². The summed E-state index contributed by atoms with van der Waals surface area (Å²) in [5.74, 6) is 2.03. The number of halogens is 1. The van der Waals surface area contributed by atoms with Gasteiger partial charge in [0.15, 0.2) is 5.96 Å². The van der Waals surface area contributed by atoms with E-state index in [1.165, 1.54) is 11.1 Å². The fourth-order valence-electron chi connectivity index (χ4n) is 2.75. The zero-order valence-corrected chi connectivity index (χ0v) is 18.4. The predicted octanol–water partition coefficient (Wildman–Crippen LogP) is 4.73. The number of aliphatic imine (C=N–C) groups is 1. The molecule has 0 amide bonds. The molecule has 4 nitrogen and oxygen atoms in total. The molecule has 26 heavy (non-hydrogen) atoms. The molecule has 0 heterocycles. The van der Waals surface area contributed by atoms with E-state index >= 15 is 0 Å². The fraction of sp³-hybridized carbons (Fsp3) is 0.381. The van der Waals surface area contributed by atoms with Crippen molar-refractivity contribution in [1.29, 1.82) is 0 Å². The molecule has 0 bridgehead atoms. The summed E-state index contributed by atoms with van der Waals surface area (Å²) in [6.45, 7) is 7.92. The predicted molar refractivity (Wildman–Crippen MR) is 121 cm³/mol. The van der Waals surface area contributed by atoms with Gasteiger partial charge in [-0.1, -0.05) is 55.5 Å². The summed E-state index contributed by atoms with van der Waals surface area (Å²) < 4.78 is 5.46. The van der Waals surface area contributed by atoms with Crippen molar-refractivity contribution in [3.05, 3.63) is 65.7 Å². The molecular formula is C21H30IN3O. The third-order valence-electron chi connectivity index (χ3n) is 4.19. The van der Waals surface area contributed by atoms with Gasteiger partial charge in [-0.05, 0) is 31.0 Å². The van der Waals surface area contributed by atoms with Crippen molar-refractivity contribution in [2.45, 2.75) is 32.7 Å². The first-order valence-corrected chi connectivity index (χ1v) is 8.88. The average Bonchev–Trinajstić information content (AvgIpc) is 2.66. The molecular weight excluding hydrogens is 437 g/mol. The quantitative estimate of drug-likeness (QED) is 0.352. The average molecular weight is 467 g/mol. The molecule has 0 aliphatic carbocycles. The number of hydrogen-bond donors (Lipinski definition) is 2. The molecule has 0 aliphatic heterocycles. The summed E-state index contributed by atoms with van der Waals surface area (Å²) >= 11 is 0. The van der Waals surface area contributed by atoms with E-state index in [1.807, 2.05) is 24.3 Å². The smallest absolute Gasteiger partial charge is 0.191 e. The summed E-state index contributed by atoms with van der Waals surface area (Å²) in [7, 11) is 1.71. The van der Waals surface area contributed by atoms with Gasteiger partial charge in [0.2, 0.25) is 0 Å². The van der Waals surface area contributed by atoms with Gasteiger partial charge in [-0.3, -0.25) is 4.99 Å². The molecule has 2 rings (SSSR count). The van der Waals surface area contributed by atoms with Crippen LogP contribution in [0.1, 0.15) is 43.9 Å². The molecule has 142 valence electrons. The van der Waals surface area contributed by atoms with E-state index < -0.39 is 0 Å². The first-order valence-electron chi connectivity index (χ1n) is 8.88. The maximum atomic E-state index is 5.46. The van der Waals surface area contributed by atoms with Crippen LogP contribution in [-0.4, -0.2) is 26.2 Å². The van der Waals surface area contributed by atoms with Gasteiger partial charge in [0.05, 0.1) is 13.2 Å². The number of methoxy groups -OCH3 is 1. The molecule has 0 aliphatic rings. The Morgan fingerprint density at radius 1 is 1.04 bits per heavy atom. The lowest BCUT2D eigenvalue weighted by atomic mass is 10.0. The van der Waals surface area contributed by atoms with Crippen LogP contribution in [-0.2, 0) is 0 Å². The molecule has 2 N–H and O–H groups in total. The van der Waals surface area contributed by atoms with Crippen molar-refractivity contribution in [3.63, 3.8) is 0 Å². The van der Waals surface area contributed by atoms with Crippen molar-refractivity contribution in [2.75, 3.05) is 20.2 Å². The van der Waals surface area contributed by atoms with E-state index in [0.717, 1.165) is 18.3 Å². The highest BCUT2D eigenvalue weighted by Gasteiger charge is 2.12. The number of hydrogen-bond acceptors (Lipinski definition) is 2. The van der Waals surface area contributed by atoms with Crippen LogP contribution in [0.3, 0.4) is 0 Å². The van der Waals surface area contributed by atoms with Crippen LogP contribution in [0.5, 0.6) is 5.75 Å². The molecule has 0 aromatic heterocycles. The van der Waals surface area contributed by atoms with Gasteiger partial charge >= 0.3 is 0 Å². The van der Waals surface area contributed by atoms with E-state index in [0.29, 0.717) is 6.54 Å². The Morgan fingerprint density at radius 2 is 1.69 bits per heavy atom. The van der Waals surface area contributed by atoms with Gasteiger partial charge in [-0.25, -0.2) is 0 Å². The van der Waals surface area contributed by atoms with Gasteiger partial charge in [-0.15, -0.1) is 24.0 Å². The minimum atomic E-state index is 0. The van der Waals surface area contributed by atoms with Crippen LogP contribution in [0.15, 0.2) is 59.6 Å². The third kappa shape index (κ3) is 6.52. The Bertz CT molecular complexity index is 676. The molecule has 2 aromatic rings. The summed E-state index contributed by atoms with van der Waals surface area (Å²) in [5.41, 5.74) is 2.42. The highest BCUT2D eigenvalue weighted by Crippen LogP contribution is 2.26. The highest BCUT2D eigenvalue weighted by atomic mass is 127. The Morgan fingerprint density at radius 3 is 2.35 bits per heavy atom. The molecule has 2 atom stereocenters. The number of benzene rings is 2. The molecule has 0 spiro atoms. The fourth-order valence-corrected chi connectivity index (χ4v) is 2.75. The number of guanidine groups is 1. The van der Waals surface area contributed by atoms with E-state index in [4.69, 9.17) is 9.73 Å². The first kappa shape index (κ1) is 22.3. The standard InChI is InChI=1S/C21H29N3O.HI/c1-5-22-21(24-17(3)18-11-7-6-8-12-18)23-15-16(2)19-13-9-10-14-20(19)25-4;/h6-14,16-17H,5,15H2,1-4H3,(H2,22,23,24);1H. The molecule has 0 fully saturated rings. The topological polar surface area (TPSA) is 45.7 Å². The SMILES string of the molecule is CCNC(=NCC(C)c1ccccc1OC)NC(C)c1ccccc1.I.